The molecule has 3 fully saturated rings. The van der Waals surface area contributed by atoms with E-state index in [9.17, 15) is 9.59 Å². The van der Waals surface area contributed by atoms with Gasteiger partial charge in [-0.3, -0.25) is 4.79 Å². The van der Waals surface area contributed by atoms with E-state index in [1.165, 1.54) is 0 Å². The van der Waals surface area contributed by atoms with Crippen molar-refractivity contribution in [3.05, 3.63) is 17.1 Å². The molecule has 0 bridgehead atoms. The molecule has 8 nitrogen and oxygen atoms in total. The summed E-state index contributed by atoms with van der Waals surface area (Å²) in [6.45, 7) is 3.50. The number of amides is 2. The summed E-state index contributed by atoms with van der Waals surface area (Å²) >= 11 is 0. The second-order valence-electron chi connectivity index (χ2n) is 7.54. The van der Waals surface area contributed by atoms with E-state index in [-0.39, 0.29) is 18.0 Å². The van der Waals surface area contributed by atoms with E-state index in [1.54, 1.807) is 0 Å². The molecule has 5 rings (SSSR count). The summed E-state index contributed by atoms with van der Waals surface area (Å²) < 4.78 is 5.07. The lowest BCUT2D eigenvalue weighted by Gasteiger charge is -2.37. The van der Waals surface area contributed by atoms with Crippen LogP contribution in [0.2, 0.25) is 0 Å². The number of carbonyl (C=O) groups is 2. The maximum atomic E-state index is 12.3. The molecule has 0 atom stereocenters. The van der Waals surface area contributed by atoms with Crippen molar-refractivity contribution in [2.45, 2.75) is 44.1 Å². The normalized spacial score (nSPS) is 23.7. The van der Waals surface area contributed by atoms with Crippen LogP contribution in [0, 0.1) is 0 Å². The van der Waals surface area contributed by atoms with E-state index in [0.717, 1.165) is 62.4 Å². The highest BCUT2D eigenvalue weighted by molar-refractivity contribution is 5.96. The minimum atomic E-state index is -0.185. The molecule has 4 aliphatic rings. The minimum Gasteiger partial charge on any atom is -0.448 e. The Morgan fingerprint density at radius 1 is 1.04 bits per heavy atom. The molecule has 0 aromatic carbocycles. The third-order valence-electron chi connectivity index (χ3n) is 5.82. The molecule has 1 aromatic rings. The van der Waals surface area contributed by atoms with Gasteiger partial charge in [-0.2, -0.15) is 0 Å². The van der Waals surface area contributed by atoms with Gasteiger partial charge in [0.05, 0.1) is 6.54 Å². The number of anilines is 1. The number of cyclic esters (lactones) is 1. The SMILES string of the molecule is O=C1NCCc2c1nc(C1CC1)nc2N1CCC(N2CCOC2=O)CC1. The molecule has 1 saturated carbocycles. The molecule has 0 radical (unpaired) electrons. The minimum absolute atomic E-state index is 0.0773. The van der Waals surface area contributed by atoms with Crippen molar-refractivity contribution in [1.82, 2.24) is 20.2 Å². The summed E-state index contributed by atoms with van der Waals surface area (Å²) in [5, 5.41) is 2.90. The Morgan fingerprint density at radius 2 is 1.85 bits per heavy atom. The molecule has 1 N–H and O–H groups in total. The first-order chi connectivity index (χ1) is 12.7. The van der Waals surface area contributed by atoms with E-state index in [4.69, 9.17) is 9.72 Å². The first-order valence-corrected chi connectivity index (χ1v) is 9.58. The molecule has 8 heteroatoms. The van der Waals surface area contributed by atoms with Crippen LogP contribution in [-0.2, 0) is 11.2 Å². The number of fused-ring (bicyclic) bond motifs is 1. The Balaban J connectivity index is 1.40. The number of carbonyl (C=O) groups excluding carboxylic acids is 2. The van der Waals surface area contributed by atoms with Gasteiger partial charge in [-0.1, -0.05) is 0 Å². The standard InChI is InChI=1S/C18H23N5O3/c24-17-14-13(3-6-19-17)16(21-15(20-14)11-1-2-11)22-7-4-12(5-8-22)23-9-10-26-18(23)25/h11-12H,1-10H2,(H,19,24). The Hall–Kier alpha value is -2.38. The third-order valence-corrected chi connectivity index (χ3v) is 5.82. The van der Waals surface area contributed by atoms with Crippen molar-refractivity contribution >= 4 is 17.8 Å². The van der Waals surface area contributed by atoms with E-state index in [2.05, 4.69) is 15.2 Å². The van der Waals surface area contributed by atoms with Gasteiger partial charge in [0.1, 0.15) is 23.9 Å². The first-order valence-electron chi connectivity index (χ1n) is 9.58. The largest absolute Gasteiger partial charge is 0.448 e. The zero-order chi connectivity index (χ0) is 17.7. The van der Waals surface area contributed by atoms with Gasteiger partial charge in [-0.25, -0.2) is 14.8 Å². The van der Waals surface area contributed by atoms with Crippen molar-refractivity contribution in [3.8, 4) is 0 Å². The van der Waals surface area contributed by atoms with Crippen LogP contribution in [0.15, 0.2) is 0 Å². The fourth-order valence-electron chi connectivity index (χ4n) is 4.20. The maximum absolute atomic E-state index is 12.3. The molecular weight excluding hydrogens is 334 g/mol. The number of aromatic nitrogens is 2. The molecule has 1 aromatic heterocycles. The molecule has 0 unspecified atom stereocenters. The zero-order valence-electron chi connectivity index (χ0n) is 14.7. The zero-order valence-corrected chi connectivity index (χ0v) is 14.7. The highest BCUT2D eigenvalue weighted by Gasteiger charge is 2.35. The molecule has 3 aliphatic heterocycles. The summed E-state index contributed by atoms with van der Waals surface area (Å²) in [6.07, 6.45) is 4.62. The summed E-state index contributed by atoms with van der Waals surface area (Å²) in [4.78, 5) is 37.7. The fourth-order valence-corrected chi connectivity index (χ4v) is 4.20. The Bertz CT molecular complexity index is 755. The smallest absolute Gasteiger partial charge is 0.410 e. The van der Waals surface area contributed by atoms with Gasteiger partial charge in [-0.05, 0) is 32.1 Å². The Labute approximate surface area is 151 Å². The number of nitrogens with one attached hydrogen (secondary N) is 1. The van der Waals surface area contributed by atoms with Gasteiger partial charge in [0.2, 0.25) is 0 Å². The molecule has 138 valence electrons. The van der Waals surface area contributed by atoms with Crippen LogP contribution in [0.1, 0.15) is 53.5 Å². The van der Waals surface area contributed by atoms with Gasteiger partial charge in [0.15, 0.2) is 0 Å². The quantitative estimate of drug-likeness (QED) is 0.870. The lowest BCUT2D eigenvalue weighted by molar-refractivity contribution is 0.0939. The van der Waals surface area contributed by atoms with E-state index < -0.39 is 0 Å². The molecular formula is C18H23N5O3. The predicted octanol–water partition coefficient (Wildman–Crippen LogP) is 1.06. The number of ether oxygens (including phenoxy) is 1. The van der Waals surface area contributed by atoms with E-state index in [0.29, 0.717) is 31.3 Å². The van der Waals surface area contributed by atoms with E-state index >= 15 is 0 Å². The average molecular weight is 357 g/mol. The third kappa shape index (κ3) is 2.68. The summed E-state index contributed by atoms with van der Waals surface area (Å²) in [6, 6.07) is 0.241. The van der Waals surface area contributed by atoms with Gasteiger partial charge in [0, 0.05) is 37.2 Å². The van der Waals surface area contributed by atoms with Crippen LogP contribution in [0.3, 0.4) is 0 Å². The first kappa shape index (κ1) is 15.8. The number of hydrogen-bond donors (Lipinski definition) is 1. The van der Waals surface area contributed by atoms with Crippen molar-refractivity contribution in [1.29, 1.82) is 0 Å². The summed E-state index contributed by atoms with van der Waals surface area (Å²) in [5.41, 5.74) is 1.55. The lowest BCUT2D eigenvalue weighted by atomic mass is 10.0. The lowest BCUT2D eigenvalue weighted by Crippen LogP contribution is -2.46. The van der Waals surface area contributed by atoms with Crippen LogP contribution >= 0.6 is 0 Å². The van der Waals surface area contributed by atoms with Crippen LogP contribution in [0.4, 0.5) is 10.6 Å². The van der Waals surface area contributed by atoms with Crippen LogP contribution in [0.5, 0.6) is 0 Å². The van der Waals surface area contributed by atoms with Crippen molar-refractivity contribution < 1.29 is 14.3 Å². The second kappa shape index (κ2) is 6.10. The highest BCUT2D eigenvalue weighted by atomic mass is 16.6. The monoisotopic (exact) mass is 357 g/mol. The molecule has 2 amide bonds. The number of nitrogens with zero attached hydrogens (tertiary/aromatic N) is 4. The van der Waals surface area contributed by atoms with Crippen molar-refractivity contribution in [2.75, 3.05) is 37.7 Å². The number of piperidine rings is 1. The van der Waals surface area contributed by atoms with Crippen molar-refractivity contribution in [3.63, 3.8) is 0 Å². The van der Waals surface area contributed by atoms with Crippen LogP contribution in [-0.4, -0.2) is 65.7 Å². The van der Waals surface area contributed by atoms with Gasteiger partial charge < -0.3 is 19.9 Å². The Morgan fingerprint density at radius 3 is 2.54 bits per heavy atom. The highest BCUT2D eigenvalue weighted by Crippen LogP contribution is 2.40. The molecule has 26 heavy (non-hydrogen) atoms. The van der Waals surface area contributed by atoms with E-state index in [1.807, 2.05) is 4.90 Å². The Kier molecular flexibility index (Phi) is 3.72. The molecule has 0 spiro atoms. The van der Waals surface area contributed by atoms with Crippen LogP contribution < -0.4 is 10.2 Å². The van der Waals surface area contributed by atoms with Gasteiger partial charge in [0.25, 0.3) is 5.91 Å². The molecule has 4 heterocycles. The maximum Gasteiger partial charge on any atom is 0.410 e. The molecule has 1 aliphatic carbocycles. The van der Waals surface area contributed by atoms with Gasteiger partial charge in [-0.15, -0.1) is 0 Å². The average Bonchev–Trinajstić information content (AvgIpc) is 3.43. The topological polar surface area (TPSA) is 87.7 Å². The summed E-state index contributed by atoms with van der Waals surface area (Å²) in [5.74, 6) is 2.09. The van der Waals surface area contributed by atoms with Crippen LogP contribution in [0.25, 0.3) is 0 Å². The van der Waals surface area contributed by atoms with Crippen molar-refractivity contribution in [2.24, 2.45) is 0 Å². The predicted molar refractivity (Wildman–Crippen MR) is 93.3 cm³/mol. The number of rotatable bonds is 3. The fraction of sp³-hybridized carbons (Fsp3) is 0.667. The summed E-state index contributed by atoms with van der Waals surface area (Å²) in [7, 11) is 0. The second-order valence-corrected chi connectivity index (χ2v) is 7.54. The van der Waals surface area contributed by atoms with Gasteiger partial charge >= 0.3 is 6.09 Å². The molecule has 2 saturated heterocycles. The number of hydrogen-bond acceptors (Lipinski definition) is 6.